The fraction of sp³-hybridized carbons (Fsp3) is 0.375. The summed E-state index contributed by atoms with van der Waals surface area (Å²) in [6, 6.07) is 7.97. The highest BCUT2D eigenvalue weighted by molar-refractivity contribution is 7.14. The van der Waals surface area contributed by atoms with E-state index in [1.54, 1.807) is 16.2 Å². The van der Waals surface area contributed by atoms with Gasteiger partial charge in [-0.1, -0.05) is 24.1 Å². The summed E-state index contributed by atoms with van der Waals surface area (Å²) in [7, 11) is 0. The summed E-state index contributed by atoms with van der Waals surface area (Å²) in [6.45, 7) is 5.63. The predicted molar refractivity (Wildman–Crippen MR) is 126 cm³/mol. The summed E-state index contributed by atoms with van der Waals surface area (Å²) >= 11 is 2.93. The molecule has 1 aliphatic rings. The molecule has 0 fully saturated rings. The van der Waals surface area contributed by atoms with Crippen LogP contribution >= 0.6 is 22.7 Å². The molecule has 0 saturated heterocycles. The largest absolute Gasteiger partial charge is 0.455 e. The number of rotatable bonds is 5. The molecule has 5 nitrogen and oxygen atoms in total. The quantitative estimate of drug-likeness (QED) is 0.344. The molecular weight excluding hydrogens is 428 g/mol. The Morgan fingerprint density at radius 1 is 1.13 bits per heavy atom. The Morgan fingerprint density at radius 3 is 2.71 bits per heavy atom. The van der Waals surface area contributed by atoms with E-state index in [4.69, 9.17) is 4.74 Å². The number of aryl methyl sites for hydroxylation is 4. The molecule has 0 N–H and O–H groups in total. The third-order valence-corrected chi connectivity index (χ3v) is 7.53. The maximum atomic E-state index is 12.6. The lowest BCUT2D eigenvalue weighted by Crippen LogP contribution is -2.23. The maximum Gasteiger partial charge on any atom is 0.348 e. The molecule has 2 aromatic heterocycles. The zero-order valence-electron chi connectivity index (χ0n) is 18.1. The lowest BCUT2D eigenvalue weighted by molar-refractivity contribution is -0.115. The fourth-order valence-corrected chi connectivity index (χ4v) is 5.92. The highest BCUT2D eigenvalue weighted by Gasteiger charge is 2.21. The summed E-state index contributed by atoms with van der Waals surface area (Å²) in [4.78, 5) is 33.1. The molecule has 162 valence electrons. The second-order valence-corrected chi connectivity index (χ2v) is 9.93. The second-order valence-electron chi connectivity index (χ2n) is 7.96. The Hall–Kier alpha value is -2.51. The van der Waals surface area contributed by atoms with Gasteiger partial charge in [-0.3, -0.25) is 9.69 Å². The number of thiazole rings is 1. The molecule has 7 heteroatoms. The number of nitrogens with zero attached hydrogens (tertiary/aromatic N) is 2. The molecule has 3 aromatic rings. The van der Waals surface area contributed by atoms with Gasteiger partial charge in [-0.2, -0.15) is 0 Å². The molecule has 0 unspecified atom stereocenters. The van der Waals surface area contributed by atoms with Crippen LogP contribution in [-0.2, 0) is 29.0 Å². The van der Waals surface area contributed by atoms with Crippen molar-refractivity contribution in [2.45, 2.75) is 59.5 Å². The van der Waals surface area contributed by atoms with Gasteiger partial charge in [0.25, 0.3) is 0 Å². The molecular formula is C24H26N2O3S2. The van der Waals surface area contributed by atoms with Crippen LogP contribution in [0.5, 0.6) is 0 Å². The number of hydrogen-bond donors (Lipinski definition) is 0. The molecule has 0 radical (unpaired) electrons. The van der Waals surface area contributed by atoms with E-state index in [0.717, 1.165) is 29.7 Å². The normalized spacial score (nSPS) is 13.4. The first-order valence-corrected chi connectivity index (χ1v) is 12.2. The van der Waals surface area contributed by atoms with Gasteiger partial charge in [0, 0.05) is 17.2 Å². The monoisotopic (exact) mass is 454 g/mol. The van der Waals surface area contributed by atoms with Crippen LogP contribution in [-0.4, -0.2) is 16.9 Å². The highest BCUT2D eigenvalue weighted by Crippen LogP contribution is 2.32. The number of esters is 1. The van der Waals surface area contributed by atoms with Crippen molar-refractivity contribution >= 4 is 45.4 Å². The Balaban J connectivity index is 1.46. The first kappa shape index (κ1) is 21.7. The third-order valence-electron chi connectivity index (χ3n) is 5.44. The Bertz CT molecular complexity index is 1090. The fourth-order valence-electron chi connectivity index (χ4n) is 3.91. The number of anilines is 2. The van der Waals surface area contributed by atoms with E-state index in [0.29, 0.717) is 15.7 Å². The summed E-state index contributed by atoms with van der Waals surface area (Å²) < 4.78 is 5.53. The third kappa shape index (κ3) is 4.88. The van der Waals surface area contributed by atoms with Crippen LogP contribution in [0.4, 0.5) is 10.8 Å². The van der Waals surface area contributed by atoms with Gasteiger partial charge in [0.15, 0.2) is 5.13 Å². The van der Waals surface area contributed by atoms with Crippen LogP contribution in [0.2, 0.25) is 0 Å². The van der Waals surface area contributed by atoms with E-state index >= 15 is 0 Å². The minimum absolute atomic E-state index is 0.0938. The number of carbonyl (C=O) groups excluding carboxylic acids is 2. The van der Waals surface area contributed by atoms with E-state index < -0.39 is 0 Å². The first-order chi connectivity index (χ1) is 14.9. The van der Waals surface area contributed by atoms with Gasteiger partial charge in [0.2, 0.25) is 5.91 Å². The van der Waals surface area contributed by atoms with Crippen molar-refractivity contribution in [2.24, 2.45) is 0 Å². The number of aromatic nitrogens is 1. The maximum absolute atomic E-state index is 12.6. The van der Waals surface area contributed by atoms with Gasteiger partial charge in [-0.05, 0) is 62.8 Å². The van der Waals surface area contributed by atoms with Crippen LogP contribution < -0.4 is 4.90 Å². The topological polar surface area (TPSA) is 59.5 Å². The van der Waals surface area contributed by atoms with Gasteiger partial charge in [-0.15, -0.1) is 22.7 Å². The lowest BCUT2D eigenvalue weighted by atomic mass is 10.1. The van der Waals surface area contributed by atoms with Gasteiger partial charge >= 0.3 is 5.97 Å². The lowest BCUT2D eigenvalue weighted by Gasteiger charge is -2.20. The Morgan fingerprint density at radius 2 is 1.94 bits per heavy atom. The smallest absolute Gasteiger partial charge is 0.348 e. The first-order valence-electron chi connectivity index (χ1n) is 10.5. The molecule has 31 heavy (non-hydrogen) atoms. The number of fused-ring (bicyclic) bond motifs is 1. The molecule has 1 aromatic carbocycles. The zero-order valence-corrected chi connectivity index (χ0v) is 19.7. The molecule has 1 aliphatic carbocycles. The van der Waals surface area contributed by atoms with Crippen molar-refractivity contribution in [3.05, 3.63) is 61.8 Å². The summed E-state index contributed by atoms with van der Waals surface area (Å²) in [6.07, 6.45) is 5.74. The van der Waals surface area contributed by atoms with Gasteiger partial charge < -0.3 is 4.74 Å². The minimum atomic E-state index is -0.301. The SMILES string of the molecule is CC(=O)N(c1nc(COC(=O)c2cc3c(s2)CCCCC3)cs1)c1ccc(C)cc1C. The number of amides is 1. The minimum Gasteiger partial charge on any atom is -0.455 e. The number of benzene rings is 1. The molecule has 0 aliphatic heterocycles. The number of carbonyl (C=O) groups is 2. The molecule has 0 atom stereocenters. The molecule has 1 amide bonds. The highest BCUT2D eigenvalue weighted by atomic mass is 32.1. The van der Waals surface area contributed by atoms with E-state index in [1.165, 1.54) is 48.0 Å². The average Bonchev–Trinajstić information content (AvgIpc) is 3.30. The number of hydrogen-bond acceptors (Lipinski definition) is 6. The van der Waals surface area contributed by atoms with Crippen molar-refractivity contribution < 1.29 is 14.3 Å². The van der Waals surface area contributed by atoms with Gasteiger partial charge in [-0.25, -0.2) is 9.78 Å². The summed E-state index contributed by atoms with van der Waals surface area (Å²) in [5, 5.41) is 2.42. The van der Waals surface area contributed by atoms with E-state index in [-0.39, 0.29) is 18.5 Å². The predicted octanol–water partition coefficient (Wildman–Crippen LogP) is 6.13. The van der Waals surface area contributed by atoms with Crippen LogP contribution in [0, 0.1) is 13.8 Å². The van der Waals surface area contributed by atoms with Crippen molar-refractivity contribution in [2.75, 3.05) is 4.90 Å². The summed E-state index contributed by atoms with van der Waals surface area (Å²) in [5.41, 5.74) is 4.91. The van der Waals surface area contributed by atoms with Crippen molar-refractivity contribution in [1.29, 1.82) is 0 Å². The van der Waals surface area contributed by atoms with E-state index in [9.17, 15) is 9.59 Å². The van der Waals surface area contributed by atoms with Crippen molar-refractivity contribution in [1.82, 2.24) is 4.98 Å². The van der Waals surface area contributed by atoms with E-state index in [2.05, 4.69) is 4.98 Å². The van der Waals surface area contributed by atoms with Crippen molar-refractivity contribution in [3.63, 3.8) is 0 Å². The van der Waals surface area contributed by atoms with Crippen molar-refractivity contribution in [3.8, 4) is 0 Å². The van der Waals surface area contributed by atoms with Crippen LogP contribution in [0.25, 0.3) is 0 Å². The molecule has 0 saturated carbocycles. The molecule has 0 bridgehead atoms. The van der Waals surface area contributed by atoms with Crippen LogP contribution in [0.1, 0.15) is 63.1 Å². The second kappa shape index (κ2) is 9.32. The van der Waals surface area contributed by atoms with E-state index in [1.807, 2.05) is 43.5 Å². The standard InChI is InChI=1S/C24H26N2O3S2/c1-15-9-10-20(16(2)11-15)26(17(3)27)24-25-19(14-30-24)13-29-23(28)22-12-18-7-5-4-6-8-21(18)31-22/h9-12,14H,4-8,13H2,1-3H3. The Labute approximate surface area is 190 Å². The average molecular weight is 455 g/mol. The number of thiophene rings is 1. The molecule has 0 spiro atoms. The molecule has 4 rings (SSSR count). The number of ether oxygens (including phenoxy) is 1. The van der Waals surface area contributed by atoms with Crippen LogP contribution in [0.15, 0.2) is 29.6 Å². The Kier molecular flexibility index (Phi) is 6.53. The van der Waals surface area contributed by atoms with Crippen LogP contribution in [0.3, 0.4) is 0 Å². The van der Waals surface area contributed by atoms with Gasteiger partial charge in [0.1, 0.15) is 11.5 Å². The molecule has 2 heterocycles. The summed E-state index contributed by atoms with van der Waals surface area (Å²) in [5.74, 6) is -0.407. The van der Waals surface area contributed by atoms with Gasteiger partial charge in [0.05, 0.1) is 11.4 Å². The zero-order chi connectivity index (χ0) is 22.0.